The first-order chi connectivity index (χ1) is 8.74. The molecule has 0 saturated heterocycles. The molecule has 0 aliphatic heterocycles. The third-order valence-corrected chi connectivity index (χ3v) is 2.68. The van der Waals surface area contributed by atoms with E-state index in [1.807, 2.05) is 42.5 Å². The molecular weight excluding hydrogens is 228 g/mol. The fourth-order valence-corrected chi connectivity index (χ4v) is 1.66. The highest BCUT2D eigenvalue weighted by Gasteiger charge is 2.10. The summed E-state index contributed by atoms with van der Waals surface area (Å²) in [6.07, 6.45) is 6.73. The predicted octanol–water partition coefficient (Wildman–Crippen LogP) is 3.38. The highest BCUT2D eigenvalue weighted by molar-refractivity contribution is 5.48. The largest absolute Gasteiger partial charge is 0.235 e. The van der Waals surface area contributed by atoms with E-state index < -0.39 is 0 Å². The van der Waals surface area contributed by atoms with Crippen molar-refractivity contribution >= 4 is 6.08 Å². The average molecular weight is 248 g/mol. The minimum absolute atomic E-state index is 0.314. The summed E-state index contributed by atoms with van der Waals surface area (Å²) < 4.78 is 0. The van der Waals surface area contributed by atoms with Gasteiger partial charge >= 0.3 is 0 Å². The van der Waals surface area contributed by atoms with Crippen LogP contribution < -0.4 is 0 Å². The lowest BCUT2D eigenvalue weighted by Crippen LogP contribution is -2.31. The Labute approximate surface area is 108 Å². The van der Waals surface area contributed by atoms with Gasteiger partial charge in [-0.15, -0.1) is 5.01 Å². The van der Waals surface area contributed by atoms with Crippen molar-refractivity contribution < 1.29 is 5.03 Å². The van der Waals surface area contributed by atoms with Crippen LogP contribution in [-0.2, 0) is 0 Å². The van der Waals surface area contributed by atoms with Crippen LogP contribution in [0.1, 0.15) is 31.7 Å². The van der Waals surface area contributed by atoms with Gasteiger partial charge < -0.3 is 0 Å². The Morgan fingerprint density at radius 2 is 2.00 bits per heavy atom. The molecule has 0 unspecified atom stereocenters. The van der Waals surface area contributed by atoms with Crippen molar-refractivity contribution in [1.82, 2.24) is 5.01 Å². The molecule has 1 aromatic rings. The Balaban J connectivity index is 2.42. The van der Waals surface area contributed by atoms with Gasteiger partial charge in [0.2, 0.25) is 0 Å². The quantitative estimate of drug-likeness (QED) is 0.402. The van der Waals surface area contributed by atoms with Crippen LogP contribution in [0.25, 0.3) is 6.08 Å². The first-order valence-corrected chi connectivity index (χ1v) is 6.35. The normalized spacial score (nSPS) is 10.7. The molecule has 0 radical (unpaired) electrons. The van der Waals surface area contributed by atoms with Gasteiger partial charge in [-0.1, -0.05) is 62.2 Å². The average Bonchev–Trinajstić information content (AvgIpc) is 2.38. The number of benzene rings is 1. The molecule has 0 aromatic heterocycles. The second-order valence-electron chi connectivity index (χ2n) is 4.17. The number of rotatable bonds is 8. The number of hydrogen-bond acceptors (Lipinski definition) is 2. The van der Waals surface area contributed by atoms with Gasteiger partial charge in [0.15, 0.2) is 5.03 Å². The SMILES string of the molecule is CCCCCN(CC=Cc1ccccc1)[N+](=O)[O-]. The summed E-state index contributed by atoms with van der Waals surface area (Å²) in [6.45, 7) is 2.96. The molecule has 18 heavy (non-hydrogen) atoms. The maximum Gasteiger partial charge on any atom is 0.160 e. The van der Waals surface area contributed by atoms with Crippen LogP contribution in [0.4, 0.5) is 0 Å². The Hall–Kier alpha value is -1.84. The van der Waals surface area contributed by atoms with E-state index in [1.165, 1.54) is 5.01 Å². The van der Waals surface area contributed by atoms with Crippen molar-refractivity contribution in [2.45, 2.75) is 26.2 Å². The summed E-state index contributed by atoms with van der Waals surface area (Å²) in [4.78, 5) is 10.8. The van der Waals surface area contributed by atoms with E-state index in [0.717, 1.165) is 24.8 Å². The van der Waals surface area contributed by atoms with E-state index >= 15 is 0 Å². The number of hydrogen-bond donors (Lipinski definition) is 0. The molecule has 0 fully saturated rings. The molecule has 98 valence electrons. The molecule has 1 aromatic carbocycles. The Morgan fingerprint density at radius 1 is 1.28 bits per heavy atom. The van der Waals surface area contributed by atoms with Crippen LogP contribution in [0.2, 0.25) is 0 Å². The van der Waals surface area contributed by atoms with E-state index in [4.69, 9.17) is 0 Å². The van der Waals surface area contributed by atoms with Crippen LogP contribution >= 0.6 is 0 Å². The number of nitro groups is 1. The van der Waals surface area contributed by atoms with Gasteiger partial charge in [-0.05, 0) is 12.0 Å². The minimum Gasteiger partial charge on any atom is -0.235 e. The third-order valence-electron chi connectivity index (χ3n) is 2.68. The Kier molecular flexibility index (Phi) is 6.54. The van der Waals surface area contributed by atoms with Gasteiger partial charge in [-0.25, -0.2) is 10.1 Å². The molecule has 0 N–H and O–H groups in total. The zero-order valence-corrected chi connectivity index (χ0v) is 10.8. The van der Waals surface area contributed by atoms with Gasteiger partial charge in [0, 0.05) is 0 Å². The number of nitrogens with zero attached hydrogens (tertiary/aromatic N) is 2. The lowest BCUT2D eigenvalue weighted by Gasteiger charge is -2.11. The van der Waals surface area contributed by atoms with Crippen LogP contribution in [0, 0.1) is 10.1 Å². The number of hydrazine groups is 1. The lowest BCUT2D eigenvalue weighted by molar-refractivity contribution is -0.653. The van der Waals surface area contributed by atoms with Crippen LogP contribution in [0.3, 0.4) is 0 Å². The van der Waals surface area contributed by atoms with Crippen LogP contribution in [0.5, 0.6) is 0 Å². The fraction of sp³-hybridized carbons (Fsp3) is 0.429. The highest BCUT2D eigenvalue weighted by Crippen LogP contribution is 2.03. The maximum absolute atomic E-state index is 10.8. The van der Waals surface area contributed by atoms with Crippen LogP contribution in [-0.4, -0.2) is 23.1 Å². The molecule has 4 heteroatoms. The molecule has 0 spiro atoms. The molecular formula is C14H20N2O2. The van der Waals surface area contributed by atoms with E-state index in [2.05, 4.69) is 6.92 Å². The van der Waals surface area contributed by atoms with Crippen molar-refractivity contribution in [3.63, 3.8) is 0 Å². The van der Waals surface area contributed by atoms with Gasteiger partial charge in [0.05, 0.1) is 13.1 Å². The monoisotopic (exact) mass is 248 g/mol. The van der Waals surface area contributed by atoms with Crippen LogP contribution in [0.15, 0.2) is 36.4 Å². The molecule has 0 amide bonds. The maximum atomic E-state index is 10.8. The van der Waals surface area contributed by atoms with Crippen molar-refractivity contribution in [2.75, 3.05) is 13.1 Å². The Bertz CT molecular complexity index is 377. The summed E-state index contributed by atoms with van der Waals surface area (Å²) in [5, 5.41) is 11.8. The van der Waals surface area contributed by atoms with Gasteiger partial charge in [-0.3, -0.25) is 0 Å². The standard InChI is InChI=1S/C14H20N2O2/c1-2-3-7-12-15(16(17)18)13-8-11-14-9-5-4-6-10-14/h4-6,8-11H,2-3,7,12-13H2,1H3. The molecule has 0 aliphatic carbocycles. The third kappa shape index (κ3) is 5.48. The van der Waals surface area contributed by atoms with Crippen molar-refractivity contribution in [1.29, 1.82) is 0 Å². The second kappa shape index (κ2) is 8.28. The first kappa shape index (κ1) is 14.2. The predicted molar refractivity (Wildman–Crippen MR) is 73.6 cm³/mol. The van der Waals surface area contributed by atoms with Gasteiger partial charge in [0.25, 0.3) is 0 Å². The highest BCUT2D eigenvalue weighted by atomic mass is 16.7. The molecule has 0 bridgehead atoms. The molecule has 0 atom stereocenters. The summed E-state index contributed by atoms with van der Waals surface area (Å²) >= 11 is 0. The van der Waals surface area contributed by atoms with E-state index in [1.54, 1.807) is 0 Å². The fourth-order valence-electron chi connectivity index (χ4n) is 1.66. The van der Waals surface area contributed by atoms with Crippen molar-refractivity contribution in [3.05, 3.63) is 52.1 Å². The second-order valence-corrected chi connectivity index (χ2v) is 4.17. The molecule has 1 rings (SSSR count). The molecule has 0 saturated carbocycles. The smallest absolute Gasteiger partial charge is 0.160 e. The lowest BCUT2D eigenvalue weighted by atomic mass is 10.2. The van der Waals surface area contributed by atoms with E-state index in [9.17, 15) is 10.1 Å². The topological polar surface area (TPSA) is 46.4 Å². The minimum atomic E-state index is -0.314. The zero-order chi connectivity index (χ0) is 13.2. The van der Waals surface area contributed by atoms with Gasteiger partial charge in [-0.2, -0.15) is 0 Å². The zero-order valence-electron chi connectivity index (χ0n) is 10.8. The van der Waals surface area contributed by atoms with Crippen molar-refractivity contribution in [2.24, 2.45) is 0 Å². The van der Waals surface area contributed by atoms with E-state index in [0.29, 0.717) is 13.1 Å². The van der Waals surface area contributed by atoms with Gasteiger partial charge in [0.1, 0.15) is 0 Å². The van der Waals surface area contributed by atoms with Crippen molar-refractivity contribution in [3.8, 4) is 0 Å². The summed E-state index contributed by atoms with van der Waals surface area (Å²) in [7, 11) is 0. The van der Waals surface area contributed by atoms with E-state index in [-0.39, 0.29) is 5.03 Å². The first-order valence-electron chi connectivity index (χ1n) is 6.35. The summed E-state index contributed by atoms with van der Waals surface area (Å²) in [5.41, 5.74) is 1.06. The number of unbranched alkanes of at least 4 members (excludes halogenated alkanes) is 2. The Morgan fingerprint density at radius 3 is 2.61 bits per heavy atom. The summed E-state index contributed by atoms with van der Waals surface area (Å²) in [5.74, 6) is 0. The molecule has 0 aliphatic rings. The molecule has 4 nitrogen and oxygen atoms in total. The molecule has 0 heterocycles. The summed E-state index contributed by atoms with van der Waals surface area (Å²) in [6, 6.07) is 9.80.